The lowest BCUT2D eigenvalue weighted by molar-refractivity contribution is 0.0600. The topological polar surface area (TPSA) is 72.5 Å². The third-order valence-electron chi connectivity index (χ3n) is 2.55. The Kier molecular flexibility index (Phi) is 4.46. The first kappa shape index (κ1) is 12.7. The largest absolute Gasteiger partial charge is 0.465 e. The van der Waals surface area contributed by atoms with E-state index in [1.54, 1.807) is 24.3 Å². The second kappa shape index (κ2) is 5.63. The maximum absolute atomic E-state index is 11.2. The summed E-state index contributed by atoms with van der Waals surface area (Å²) in [7, 11) is 1.33. The number of benzene rings is 1. The number of methoxy groups -OCH3 is 1. The third-order valence-corrected chi connectivity index (χ3v) is 2.55. The summed E-state index contributed by atoms with van der Waals surface area (Å²) >= 11 is 0. The van der Waals surface area contributed by atoms with E-state index in [2.05, 4.69) is 4.74 Å². The molecule has 0 saturated heterocycles. The quantitative estimate of drug-likeness (QED) is 0.753. The van der Waals surface area contributed by atoms with Gasteiger partial charge < -0.3 is 15.6 Å². The van der Waals surface area contributed by atoms with E-state index in [1.807, 2.05) is 6.92 Å². The normalized spacial score (nSPS) is 14.2. The molecule has 3 N–H and O–H groups in total. The van der Waals surface area contributed by atoms with E-state index >= 15 is 0 Å². The number of esters is 1. The summed E-state index contributed by atoms with van der Waals surface area (Å²) in [5.41, 5.74) is 6.90. The van der Waals surface area contributed by atoms with Crippen LogP contribution in [0.1, 0.15) is 35.4 Å². The molecule has 1 rings (SSSR count). The van der Waals surface area contributed by atoms with Crippen LogP contribution in [-0.2, 0) is 4.74 Å². The minimum Gasteiger partial charge on any atom is -0.465 e. The zero-order valence-corrected chi connectivity index (χ0v) is 9.51. The molecular weight excluding hydrogens is 206 g/mol. The summed E-state index contributed by atoms with van der Waals surface area (Å²) < 4.78 is 4.58. The Balaban J connectivity index is 2.82. The van der Waals surface area contributed by atoms with E-state index in [-0.39, 0.29) is 12.0 Å². The lowest BCUT2D eigenvalue weighted by atomic mass is 10.00. The highest BCUT2D eigenvalue weighted by Gasteiger charge is 2.15. The monoisotopic (exact) mass is 223 g/mol. The van der Waals surface area contributed by atoms with Crippen LogP contribution < -0.4 is 5.73 Å². The van der Waals surface area contributed by atoms with E-state index in [4.69, 9.17) is 5.73 Å². The lowest BCUT2D eigenvalue weighted by Crippen LogP contribution is -2.27. The molecule has 1 aromatic rings. The predicted octanol–water partition coefficient (Wildman–Crippen LogP) is 1.24. The second-order valence-corrected chi connectivity index (χ2v) is 3.63. The molecule has 2 atom stereocenters. The Morgan fingerprint density at radius 3 is 2.44 bits per heavy atom. The Bertz CT molecular complexity index is 348. The average molecular weight is 223 g/mol. The third kappa shape index (κ3) is 2.81. The first-order chi connectivity index (χ1) is 7.60. The molecule has 4 nitrogen and oxygen atoms in total. The maximum Gasteiger partial charge on any atom is 0.337 e. The highest BCUT2D eigenvalue weighted by Crippen LogP contribution is 2.18. The highest BCUT2D eigenvalue weighted by atomic mass is 16.5. The van der Waals surface area contributed by atoms with Crippen LogP contribution in [-0.4, -0.2) is 24.2 Å². The number of hydrogen-bond acceptors (Lipinski definition) is 4. The number of hydrogen-bond donors (Lipinski definition) is 2. The molecule has 0 amide bonds. The van der Waals surface area contributed by atoms with Crippen LogP contribution in [0.5, 0.6) is 0 Å². The molecular formula is C12H17NO3. The van der Waals surface area contributed by atoms with Gasteiger partial charge in [0.05, 0.1) is 18.8 Å². The summed E-state index contributed by atoms with van der Waals surface area (Å²) in [6.07, 6.45) is -0.00314. The zero-order chi connectivity index (χ0) is 12.1. The van der Waals surface area contributed by atoms with Crippen molar-refractivity contribution in [2.45, 2.75) is 25.5 Å². The maximum atomic E-state index is 11.2. The van der Waals surface area contributed by atoms with Gasteiger partial charge in [0.1, 0.15) is 0 Å². The minimum atomic E-state index is -0.698. The molecule has 0 aliphatic carbocycles. The van der Waals surface area contributed by atoms with Gasteiger partial charge in [-0.3, -0.25) is 0 Å². The van der Waals surface area contributed by atoms with E-state index in [1.165, 1.54) is 7.11 Å². The van der Waals surface area contributed by atoms with Crippen molar-refractivity contribution in [3.05, 3.63) is 35.4 Å². The fourth-order valence-corrected chi connectivity index (χ4v) is 1.40. The van der Waals surface area contributed by atoms with E-state index < -0.39 is 6.10 Å². The summed E-state index contributed by atoms with van der Waals surface area (Å²) in [5.74, 6) is -0.388. The fourth-order valence-electron chi connectivity index (χ4n) is 1.40. The van der Waals surface area contributed by atoms with Crippen LogP contribution >= 0.6 is 0 Å². The van der Waals surface area contributed by atoms with Crippen molar-refractivity contribution in [3.8, 4) is 0 Å². The standard InChI is InChI=1S/C12H17NO3/c1-3-10(13)11(14)8-4-6-9(7-5-8)12(15)16-2/h4-7,10-11,14H,3,13H2,1-2H3. The molecule has 0 aromatic heterocycles. The Labute approximate surface area is 95.0 Å². The van der Waals surface area contributed by atoms with Crippen molar-refractivity contribution in [2.75, 3.05) is 7.11 Å². The van der Waals surface area contributed by atoms with E-state index in [9.17, 15) is 9.90 Å². The summed E-state index contributed by atoms with van der Waals surface area (Å²) in [6.45, 7) is 1.91. The van der Waals surface area contributed by atoms with E-state index in [0.717, 1.165) is 0 Å². The van der Waals surface area contributed by atoms with Gasteiger partial charge in [-0.15, -0.1) is 0 Å². The van der Waals surface area contributed by atoms with Crippen LogP contribution in [0.2, 0.25) is 0 Å². The number of nitrogens with two attached hydrogens (primary N) is 1. The molecule has 0 spiro atoms. The first-order valence-electron chi connectivity index (χ1n) is 5.22. The molecule has 88 valence electrons. The van der Waals surface area contributed by atoms with Gasteiger partial charge in [0.25, 0.3) is 0 Å². The first-order valence-corrected chi connectivity index (χ1v) is 5.22. The van der Waals surface area contributed by atoms with Crippen LogP contribution in [0.4, 0.5) is 0 Å². The van der Waals surface area contributed by atoms with E-state index in [0.29, 0.717) is 17.5 Å². The Hall–Kier alpha value is -1.39. The number of aliphatic hydroxyl groups is 1. The minimum absolute atomic E-state index is 0.288. The van der Waals surface area contributed by atoms with Crippen molar-refractivity contribution >= 4 is 5.97 Å². The summed E-state index contributed by atoms with van der Waals surface area (Å²) in [5, 5.41) is 9.83. The molecule has 0 heterocycles. The number of rotatable bonds is 4. The molecule has 4 heteroatoms. The highest BCUT2D eigenvalue weighted by molar-refractivity contribution is 5.89. The van der Waals surface area contributed by atoms with Gasteiger partial charge in [0, 0.05) is 6.04 Å². The van der Waals surface area contributed by atoms with Gasteiger partial charge >= 0.3 is 5.97 Å². The molecule has 2 unspecified atom stereocenters. The summed E-state index contributed by atoms with van der Waals surface area (Å²) in [6, 6.07) is 6.32. The SMILES string of the molecule is CCC(N)C(O)c1ccc(C(=O)OC)cc1. The van der Waals surface area contributed by atoms with Gasteiger partial charge in [-0.2, -0.15) is 0 Å². The van der Waals surface area contributed by atoms with Crippen molar-refractivity contribution in [1.82, 2.24) is 0 Å². The van der Waals surface area contributed by atoms with Crippen molar-refractivity contribution in [1.29, 1.82) is 0 Å². The van der Waals surface area contributed by atoms with Gasteiger partial charge in [0.15, 0.2) is 0 Å². The van der Waals surface area contributed by atoms with Crippen molar-refractivity contribution in [3.63, 3.8) is 0 Å². The predicted molar refractivity (Wildman–Crippen MR) is 61.0 cm³/mol. The van der Waals surface area contributed by atoms with Crippen LogP contribution in [0.25, 0.3) is 0 Å². The molecule has 0 radical (unpaired) electrons. The molecule has 0 fully saturated rings. The molecule has 1 aromatic carbocycles. The van der Waals surface area contributed by atoms with Crippen molar-refractivity contribution in [2.24, 2.45) is 5.73 Å². The van der Waals surface area contributed by atoms with Crippen LogP contribution in [0.15, 0.2) is 24.3 Å². The smallest absolute Gasteiger partial charge is 0.337 e. The Morgan fingerprint density at radius 1 is 1.44 bits per heavy atom. The average Bonchev–Trinajstić information content (AvgIpc) is 2.36. The molecule has 0 aliphatic heterocycles. The number of carbonyl (C=O) groups is 1. The number of ether oxygens (including phenoxy) is 1. The number of aliphatic hydroxyl groups excluding tert-OH is 1. The number of carbonyl (C=O) groups excluding carboxylic acids is 1. The Morgan fingerprint density at radius 2 is 2.00 bits per heavy atom. The molecule has 16 heavy (non-hydrogen) atoms. The summed E-state index contributed by atoms with van der Waals surface area (Å²) in [4.78, 5) is 11.2. The second-order valence-electron chi connectivity index (χ2n) is 3.63. The van der Waals surface area contributed by atoms with Gasteiger partial charge in [-0.1, -0.05) is 19.1 Å². The fraction of sp³-hybridized carbons (Fsp3) is 0.417. The lowest BCUT2D eigenvalue weighted by Gasteiger charge is -2.17. The van der Waals surface area contributed by atoms with Crippen LogP contribution in [0, 0.1) is 0 Å². The van der Waals surface area contributed by atoms with Gasteiger partial charge in [0.2, 0.25) is 0 Å². The zero-order valence-electron chi connectivity index (χ0n) is 9.51. The van der Waals surface area contributed by atoms with Gasteiger partial charge in [-0.05, 0) is 24.1 Å². The van der Waals surface area contributed by atoms with Gasteiger partial charge in [-0.25, -0.2) is 4.79 Å². The molecule has 0 aliphatic rings. The van der Waals surface area contributed by atoms with Crippen LogP contribution in [0.3, 0.4) is 0 Å². The molecule has 0 bridgehead atoms. The molecule has 0 saturated carbocycles. The van der Waals surface area contributed by atoms with Crippen molar-refractivity contribution < 1.29 is 14.6 Å².